The molecule has 176 valence electrons. The van der Waals surface area contributed by atoms with Crippen LogP contribution in [0.4, 0.5) is 10.5 Å². The van der Waals surface area contributed by atoms with Gasteiger partial charge in [0, 0.05) is 25.4 Å². The zero-order valence-electron chi connectivity index (χ0n) is 18.8. The van der Waals surface area contributed by atoms with Gasteiger partial charge in [0.2, 0.25) is 10.0 Å². The van der Waals surface area contributed by atoms with Crippen LogP contribution < -0.4 is 11.1 Å². The van der Waals surface area contributed by atoms with Gasteiger partial charge < -0.3 is 20.9 Å². The van der Waals surface area contributed by atoms with E-state index in [1.165, 1.54) is 16.4 Å². The van der Waals surface area contributed by atoms with Gasteiger partial charge in [-0.05, 0) is 49.1 Å². The normalized spacial score (nSPS) is 13.8. The lowest BCUT2D eigenvalue weighted by atomic mass is 10.0. The van der Waals surface area contributed by atoms with E-state index in [-0.39, 0.29) is 23.9 Å². The van der Waals surface area contributed by atoms with E-state index in [0.717, 1.165) is 5.56 Å². The van der Waals surface area contributed by atoms with E-state index in [4.69, 9.17) is 10.5 Å². The number of amides is 1. The molecule has 0 aromatic heterocycles. The van der Waals surface area contributed by atoms with Crippen molar-refractivity contribution in [2.24, 2.45) is 5.92 Å². The van der Waals surface area contributed by atoms with Gasteiger partial charge in [0.1, 0.15) is 0 Å². The molecule has 0 aliphatic rings. The summed E-state index contributed by atoms with van der Waals surface area (Å²) < 4.78 is 34.1. The van der Waals surface area contributed by atoms with Crippen molar-refractivity contribution in [2.45, 2.75) is 44.2 Å². The van der Waals surface area contributed by atoms with Crippen LogP contribution in [0.15, 0.2) is 59.5 Å². The maximum atomic E-state index is 13.4. The molecule has 9 heteroatoms. The number of nitrogens with two attached hydrogens (primary N) is 1. The molecule has 0 spiro atoms. The Balaban J connectivity index is 2.37. The Morgan fingerprint density at radius 2 is 1.72 bits per heavy atom. The highest BCUT2D eigenvalue weighted by Gasteiger charge is 2.32. The zero-order valence-corrected chi connectivity index (χ0v) is 19.6. The number of nitrogen functional groups attached to an aromatic ring is 1. The van der Waals surface area contributed by atoms with Gasteiger partial charge in [-0.1, -0.05) is 44.2 Å². The summed E-state index contributed by atoms with van der Waals surface area (Å²) in [5, 5.41) is 11.9. The van der Waals surface area contributed by atoms with E-state index in [1.807, 2.05) is 44.2 Å². The van der Waals surface area contributed by atoms with Gasteiger partial charge in [-0.15, -0.1) is 0 Å². The summed E-state index contributed by atoms with van der Waals surface area (Å²) in [5.74, 6) is 0.0563. The van der Waals surface area contributed by atoms with Crippen molar-refractivity contribution in [1.29, 1.82) is 0 Å². The van der Waals surface area contributed by atoms with Crippen LogP contribution in [0.5, 0.6) is 0 Å². The number of carboxylic acid groups (broad SMARTS) is 1. The van der Waals surface area contributed by atoms with E-state index in [1.54, 1.807) is 19.1 Å². The second-order valence-corrected chi connectivity index (χ2v) is 9.96. The zero-order chi connectivity index (χ0) is 23.7. The smallest absolute Gasteiger partial charge is 0.404 e. The highest BCUT2D eigenvalue weighted by atomic mass is 32.2. The summed E-state index contributed by atoms with van der Waals surface area (Å²) in [6.45, 7) is 6.25. The Morgan fingerprint density at radius 1 is 1.09 bits per heavy atom. The topological polar surface area (TPSA) is 122 Å². The summed E-state index contributed by atoms with van der Waals surface area (Å²) in [5.41, 5.74) is 7.11. The van der Waals surface area contributed by atoms with Crippen LogP contribution in [0.3, 0.4) is 0 Å². The molecule has 1 amide bonds. The third-order valence-corrected chi connectivity index (χ3v) is 6.75. The second-order valence-electron chi connectivity index (χ2n) is 8.02. The number of rotatable bonds is 12. The Kier molecular flexibility index (Phi) is 9.49. The molecule has 0 unspecified atom stereocenters. The Bertz CT molecular complexity index is 949. The Labute approximate surface area is 190 Å². The van der Waals surface area contributed by atoms with Crippen LogP contribution in [-0.4, -0.2) is 55.8 Å². The summed E-state index contributed by atoms with van der Waals surface area (Å²) >= 11 is 0. The minimum atomic E-state index is -3.84. The highest BCUT2D eigenvalue weighted by molar-refractivity contribution is 7.89. The second kappa shape index (κ2) is 11.8. The molecule has 32 heavy (non-hydrogen) atoms. The van der Waals surface area contributed by atoms with E-state index in [0.29, 0.717) is 18.7 Å². The first-order chi connectivity index (χ1) is 15.1. The van der Waals surface area contributed by atoms with Crippen molar-refractivity contribution in [2.75, 3.05) is 25.4 Å². The number of hydrogen-bond donors (Lipinski definition) is 3. The van der Waals surface area contributed by atoms with Gasteiger partial charge in [-0.3, -0.25) is 0 Å². The van der Waals surface area contributed by atoms with Crippen molar-refractivity contribution < 1.29 is 23.1 Å². The molecular weight excluding hydrogens is 430 g/mol. The minimum absolute atomic E-state index is 0.0104. The van der Waals surface area contributed by atoms with Gasteiger partial charge in [0.15, 0.2) is 0 Å². The van der Waals surface area contributed by atoms with E-state index in [9.17, 15) is 18.3 Å². The van der Waals surface area contributed by atoms with Crippen molar-refractivity contribution >= 4 is 21.8 Å². The molecule has 0 fully saturated rings. The number of hydrogen-bond acceptors (Lipinski definition) is 5. The molecule has 0 bridgehead atoms. The number of benzene rings is 2. The quantitative estimate of drug-likeness (QED) is 0.416. The predicted molar refractivity (Wildman–Crippen MR) is 125 cm³/mol. The first-order valence-corrected chi connectivity index (χ1v) is 12.1. The monoisotopic (exact) mass is 463 g/mol. The van der Waals surface area contributed by atoms with Gasteiger partial charge in [0.25, 0.3) is 0 Å². The van der Waals surface area contributed by atoms with Gasteiger partial charge in [-0.2, -0.15) is 4.31 Å². The van der Waals surface area contributed by atoms with Crippen LogP contribution in [0, 0.1) is 5.92 Å². The lowest BCUT2D eigenvalue weighted by Gasteiger charge is -2.32. The van der Waals surface area contributed by atoms with Crippen molar-refractivity contribution in [1.82, 2.24) is 9.62 Å². The molecule has 0 saturated carbocycles. The predicted octanol–water partition coefficient (Wildman–Crippen LogP) is 3.20. The third kappa shape index (κ3) is 7.51. The lowest BCUT2D eigenvalue weighted by Crippen LogP contribution is -2.52. The fourth-order valence-electron chi connectivity index (χ4n) is 3.48. The number of sulfonamides is 1. The maximum absolute atomic E-state index is 13.4. The van der Waals surface area contributed by atoms with Crippen molar-refractivity contribution in [3.8, 4) is 0 Å². The molecule has 2 atom stereocenters. The molecule has 2 aromatic rings. The van der Waals surface area contributed by atoms with Crippen LogP contribution in [-0.2, 0) is 21.2 Å². The number of nitrogens with one attached hydrogen (secondary N) is 1. The first kappa shape index (κ1) is 25.6. The summed E-state index contributed by atoms with van der Waals surface area (Å²) in [7, 11) is -3.84. The molecule has 0 heterocycles. The fraction of sp³-hybridized carbons (Fsp3) is 0.435. The molecule has 0 radical (unpaired) electrons. The molecule has 0 saturated heterocycles. The van der Waals surface area contributed by atoms with Crippen molar-refractivity contribution in [3.63, 3.8) is 0 Å². The average Bonchev–Trinajstić information content (AvgIpc) is 2.73. The molecule has 2 aromatic carbocycles. The molecule has 4 N–H and O–H groups in total. The van der Waals surface area contributed by atoms with Gasteiger partial charge >= 0.3 is 6.09 Å². The minimum Gasteiger partial charge on any atom is -0.465 e. The number of ether oxygens (including phenoxy) is 1. The molecule has 2 rings (SSSR count). The fourth-order valence-corrected chi connectivity index (χ4v) is 5.10. The van der Waals surface area contributed by atoms with Crippen LogP contribution in [0.1, 0.15) is 26.3 Å². The van der Waals surface area contributed by atoms with Crippen LogP contribution >= 0.6 is 0 Å². The number of nitrogens with zero attached hydrogens (tertiary/aromatic N) is 1. The summed E-state index contributed by atoms with van der Waals surface area (Å²) in [4.78, 5) is 11.6. The molecule has 8 nitrogen and oxygen atoms in total. The summed E-state index contributed by atoms with van der Waals surface area (Å²) in [6.07, 6.45) is -1.50. The standard InChI is InChI=1S/C23H33N3O5S/c1-4-31-22(21(25-23(27)28)14-18-8-6-5-7-9-18)16-26(15-17(2)3)32(29,30)20-12-10-19(24)11-13-20/h5-13,17,21-22,25H,4,14-16,24H2,1-3H3,(H,27,28)/t21-,22+/m0/s1. The van der Waals surface area contributed by atoms with E-state index < -0.39 is 28.3 Å². The molecule has 0 aliphatic carbocycles. The first-order valence-electron chi connectivity index (χ1n) is 10.6. The number of anilines is 1. The van der Waals surface area contributed by atoms with Gasteiger partial charge in [0.05, 0.1) is 17.0 Å². The van der Waals surface area contributed by atoms with Crippen LogP contribution in [0.25, 0.3) is 0 Å². The van der Waals surface area contributed by atoms with Gasteiger partial charge in [-0.25, -0.2) is 13.2 Å². The Hall–Kier alpha value is -2.62. The SMILES string of the molecule is CCO[C@H](CN(CC(C)C)S(=O)(=O)c1ccc(N)cc1)[C@H](Cc1ccccc1)NC(=O)O. The third-order valence-electron chi connectivity index (χ3n) is 4.91. The van der Waals surface area contributed by atoms with Crippen LogP contribution in [0.2, 0.25) is 0 Å². The maximum Gasteiger partial charge on any atom is 0.404 e. The largest absolute Gasteiger partial charge is 0.465 e. The summed E-state index contributed by atoms with van der Waals surface area (Å²) in [6, 6.07) is 14.8. The van der Waals surface area contributed by atoms with Crippen molar-refractivity contribution in [3.05, 3.63) is 60.2 Å². The van der Waals surface area contributed by atoms with E-state index >= 15 is 0 Å². The Morgan fingerprint density at radius 3 is 2.25 bits per heavy atom. The van der Waals surface area contributed by atoms with E-state index in [2.05, 4.69) is 5.32 Å². The average molecular weight is 464 g/mol. The number of carbonyl (C=O) groups is 1. The molecule has 0 aliphatic heterocycles. The lowest BCUT2D eigenvalue weighted by molar-refractivity contribution is 0.0219. The highest BCUT2D eigenvalue weighted by Crippen LogP contribution is 2.21. The molecular formula is C23H33N3O5S.